The highest BCUT2D eigenvalue weighted by Gasteiger charge is 2.29. The molecule has 0 aromatic carbocycles. The Morgan fingerprint density at radius 2 is 1.71 bits per heavy atom. The maximum Gasteiger partial charge on any atom is 0.117 e. The van der Waals surface area contributed by atoms with Crippen molar-refractivity contribution >= 4 is 18.0 Å². The van der Waals surface area contributed by atoms with Crippen LogP contribution in [0.3, 0.4) is 0 Å². The van der Waals surface area contributed by atoms with Crippen molar-refractivity contribution < 1.29 is 25.5 Å². The van der Waals surface area contributed by atoms with Gasteiger partial charge in [-0.25, -0.2) is 0 Å². The lowest BCUT2D eigenvalue weighted by atomic mass is 10.0. The van der Waals surface area contributed by atoms with Crippen LogP contribution in [0.5, 0.6) is 0 Å². The van der Waals surface area contributed by atoms with Crippen molar-refractivity contribution in [2.24, 2.45) is 4.99 Å². The average Bonchev–Trinajstić information content (AvgIpc) is 2.33. The number of thioether (sulfide) groups is 1. The third-order valence-corrected chi connectivity index (χ3v) is 3.42. The molecule has 0 saturated heterocycles. The van der Waals surface area contributed by atoms with Gasteiger partial charge in [0, 0.05) is 6.21 Å². The Morgan fingerprint density at radius 1 is 1.18 bits per heavy atom. The second kappa shape index (κ2) is 7.30. The number of aliphatic hydroxyl groups excluding tert-OH is 5. The average molecular weight is 267 g/mol. The zero-order chi connectivity index (χ0) is 13.6. The molecule has 5 N–H and O–H groups in total. The number of hydrogen-bond acceptors (Lipinski definition) is 7. The third-order valence-electron chi connectivity index (χ3n) is 2.32. The van der Waals surface area contributed by atoms with Gasteiger partial charge < -0.3 is 25.5 Å². The molecule has 7 heteroatoms. The minimum absolute atomic E-state index is 0.443. The molecule has 0 aliphatic carbocycles. The molecule has 0 aromatic heterocycles. The summed E-state index contributed by atoms with van der Waals surface area (Å²) in [6.07, 6.45) is -3.16. The molecule has 0 radical (unpaired) electrons. The van der Waals surface area contributed by atoms with E-state index in [4.69, 9.17) is 10.2 Å². The molecule has 0 unspecified atom stereocenters. The highest BCUT2D eigenvalue weighted by molar-refractivity contribution is 7.99. The fraction of sp³-hybridized carbons (Fsp3) is 0.900. The second-order valence-corrected chi connectivity index (χ2v) is 5.56. The number of aliphatic imine (C=N–C) groups is 1. The van der Waals surface area contributed by atoms with Gasteiger partial charge in [0.1, 0.15) is 24.4 Å². The van der Waals surface area contributed by atoms with E-state index in [-0.39, 0.29) is 0 Å². The summed E-state index contributed by atoms with van der Waals surface area (Å²) in [6, 6.07) is 0. The number of aliphatic hydroxyl groups is 5. The van der Waals surface area contributed by atoms with E-state index in [0.29, 0.717) is 0 Å². The van der Waals surface area contributed by atoms with Crippen molar-refractivity contribution in [3.05, 3.63) is 0 Å². The molecule has 0 rings (SSSR count). The maximum atomic E-state index is 9.53. The minimum Gasteiger partial charge on any atom is -0.394 e. The molecule has 0 amide bonds. The first-order chi connectivity index (χ1) is 7.75. The summed E-state index contributed by atoms with van der Waals surface area (Å²) in [7, 11) is 0. The zero-order valence-electron chi connectivity index (χ0n) is 10.2. The van der Waals surface area contributed by atoms with Crippen molar-refractivity contribution in [2.45, 2.75) is 43.1 Å². The van der Waals surface area contributed by atoms with Crippen LogP contribution in [-0.4, -0.2) is 73.9 Å². The standard InChI is InChI=1S/C10H21NO5S/c1-10(2,17-3)11-4-6(13)8(15)9(16)7(14)5-12/h4,6-9,12-16H,5H2,1-3H3/b11-4-/t6-,7-,8-,9-/m1/s1. The van der Waals surface area contributed by atoms with Crippen LogP contribution >= 0.6 is 11.8 Å². The van der Waals surface area contributed by atoms with Crippen LogP contribution in [-0.2, 0) is 0 Å². The second-order valence-electron chi connectivity index (χ2n) is 4.15. The fourth-order valence-electron chi connectivity index (χ4n) is 0.934. The highest BCUT2D eigenvalue weighted by atomic mass is 32.2. The molecule has 0 fully saturated rings. The van der Waals surface area contributed by atoms with Gasteiger partial charge in [0.2, 0.25) is 0 Å². The van der Waals surface area contributed by atoms with E-state index in [0.717, 1.165) is 6.21 Å². The van der Waals surface area contributed by atoms with Crippen LogP contribution in [0.1, 0.15) is 13.8 Å². The van der Waals surface area contributed by atoms with E-state index in [9.17, 15) is 15.3 Å². The summed E-state index contributed by atoms with van der Waals surface area (Å²) >= 11 is 1.46. The SMILES string of the molecule is CSC(C)(C)/N=C\[C@@H](O)[C@@H](O)[C@H](O)[C@H](O)CO. The molecule has 0 heterocycles. The molecule has 0 aliphatic heterocycles. The molecule has 17 heavy (non-hydrogen) atoms. The van der Waals surface area contributed by atoms with E-state index >= 15 is 0 Å². The van der Waals surface area contributed by atoms with Crippen molar-refractivity contribution in [3.63, 3.8) is 0 Å². The Labute approximate surface area is 105 Å². The van der Waals surface area contributed by atoms with E-state index in [2.05, 4.69) is 4.99 Å². The van der Waals surface area contributed by atoms with Gasteiger partial charge in [-0.1, -0.05) is 0 Å². The van der Waals surface area contributed by atoms with Crippen molar-refractivity contribution in [1.82, 2.24) is 0 Å². The van der Waals surface area contributed by atoms with Crippen LogP contribution < -0.4 is 0 Å². The Kier molecular flexibility index (Phi) is 7.22. The quantitative estimate of drug-likeness (QED) is 0.362. The van der Waals surface area contributed by atoms with Gasteiger partial charge in [-0.2, -0.15) is 0 Å². The molecular formula is C10H21NO5S. The first-order valence-electron chi connectivity index (χ1n) is 5.18. The lowest BCUT2D eigenvalue weighted by Crippen LogP contribution is -2.46. The normalized spacial score (nSPS) is 20.2. The predicted molar refractivity (Wildman–Crippen MR) is 67.2 cm³/mol. The summed E-state index contributed by atoms with van der Waals surface area (Å²) in [6.45, 7) is 2.96. The predicted octanol–water partition coefficient (Wildman–Crippen LogP) is -1.41. The van der Waals surface area contributed by atoms with Crippen molar-refractivity contribution in [1.29, 1.82) is 0 Å². The Balaban J connectivity index is 4.46. The summed E-state index contributed by atoms with van der Waals surface area (Å²) in [4.78, 5) is 3.59. The van der Waals surface area contributed by atoms with E-state index < -0.39 is 35.9 Å². The smallest absolute Gasteiger partial charge is 0.117 e. The third kappa shape index (κ3) is 5.80. The number of rotatable bonds is 7. The van der Waals surface area contributed by atoms with Gasteiger partial charge in [-0.05, 0) is 20.1 Å². The van der Waals surface area contributed by atoms with Crippen LogP contribution in [0.25, 0.3) is 0 Å². The van der Waals surface area contributed by atoms with Crippen LogP contribution in [0.15, 0.2) is 4.99 Å². The van der Waals surface area contributed by atoms with Crippen LogP contribution in [0.4, 0.5) is 0 Å². The van der Waals surface area contributed by atoms with Gasteiger partial charge in [0.25, 0.3) is 0 Å². The summed E-state index contributed by atoms with van der Waals surface area (Å²) in [5.41, 5.74) is 0. The molecule has 6 nitrogen and oxygen atoms in total. The molecule has 4 atom stereocenters. The van der Waals surface area contributed by atoms with Gasteiger partial charge in [-0.15, -0.1) is 11.8 Å². The molecule has 0 aliphatic rings. The molecule has 0 saturated carbocycles. The Bertz CT molecular complexity index is 249. The van der Waals surface area contributed by atoms with E-state index in [1.807, 2.05) is 20.1 Å². The molecular weight excluding hydrogens is 246 g/mol. The van der Waals surface area contributed by atoms with Gasteiger partial charge in [0.15, 0.2) is 0 Å². The van der Waals surface area contributed by atoms with Crippen LogP contribution in [0.2, 0.25) is 0 Å². The van der Waals surface area contributed by atoms with Gasteiger partial charge in [-0.3, -0.25) is 4.99 Å². The van der Waals surface area contributed by atoms with E-state index in [1.54, 1.807) is 0 Å². The van der Waals surface area contributed by atoms with Gasteiger partial charge >= 0.3 is 0 Å². The number of nitrogens with zero attached hydrogens (tertiary/aromatic N) is 1. The topological polar surface area (TPSA) is 114 Å². The molecule has 0 aromatic rings. The summed E-state index contributed by atoms with van der Waals surface area (Å²) < 4.78 is 0. The maximum absolute atomic E-state index is 9.53. The Morgan fingerprint density at radius 3 is 2.12 bits per heavy atom. The summed E-state index contributed by atoms with van der Waals surface area (Å²) in [5.74, 6) is 0. The minimum atomic E-state index is -1.63. The van der Waals surface area contributed by atoms with Crippen molar-refractivity contribution in [2.75, 3.05) is 12.9 Å². The molecule has 102 valence electrons. The fourth-order valence-corrected chi connectivity index (χ4v) is 1.10. The first-order valence-corrected chi connectivity index (χ1v) is 6.41. The molecule has 0 spiro atoms. The zero-order valence-corrected chi connectivity index (χ0v) is 11.0. The largest absolute Gasteiger partial charge is 0.394 e. The lowest BCUT2D eigenvalue weighted by Gasteiger charge is -2.24. The van der Waals surface area contributed by atoms with Gasteiger partial charge in [0.05, 0.1) is 11.5 Å². The Hall–Kier alpha value is -0.180. The molecule has 0 bridgehead atoms. The summed E-state index contributed by atoms with van der Waals surface area (Å²) in [5, 5.41) is 46.1. The van der Waals surface area contributed by atoms with Crippen molar-refractivity contribution in [3.8, 4) is 0 Å². The monoisotopic (exact) mass is 267 g/mol. The van der Waals surface area contributed by atoms with E-state index in [1.165, 1.54) is 11.8 Å². The van der Waals surface area contributed by atoms with Crippen LogP contribution in [0, 0.1) is 0 Å². The highest BCUT2D eigenvalue weighted by Crippen LogP contribution is 2.22. The number of hydrogen-bond donors (Lipinski definition) is 5. The first kappa shape index (κ1) is 16.8. The lowest BCUT2D eigenvalue weighted by molar-refractivity contribution is -0.0999.